The quantitative estimate of drug-likeness (QED) is 0.592. The molecule has 0 spiro atoms. The highest BCUT2D eigenvalue weighted by molar-refractivity contribution is 7.22. The Morgan fingerprint density at radius 2 is 1.85 bits per heavy atom. The van der Waals surface area contributed by atoms with Crippen molar-refractivity contribution in [1.82, 2.24) is 14.8 Å². The summed E-state index contributed by atoms with van der Waals surface area (Å²) in [6.45, 7) is 1.81. The molecule has 0 bridgehead atoms. The smallest absolute Gasteiger partial charge is 0.267 e. The molecular formula is C20H16N4O2S. The third-order valence-corrected chi connectivity index (χ3v) is 5.07. The number of amides is 1. The zero-order valence-corrected chi connectivity index (χ0v) is 15.4. The van der Waals surface area contributed by atoms with Gasteiger partial charge in [-0.05, 0) is 30.7 Å². The molecule has 0 fully saturated rings. The van der Waals surface area contributed by atoms with E-state index < -0.39 is 0 Å². The fraction of sp³-hybridized carbons (Fsp3) is 0.100. The van der Waals surface area contributed by atoms with Crippen molar-refractivity contribution in [3.8, 4) is 11.3 Å². The topological polar surface area (TPSA) is 76.9 Å². The zero-order chi connectivity index (χ0) is 18.8. The maximum atomic E-state index is 12.4. The van der Waals surface area contributed by atoms with Gasteiger partial charge < -0.3 is 5.32 Å². The Morgan fingerprint density at radius 3 is 2.67 bits per heavy atom. The predicted molar refractivity (Wildman–Crippen MR) is 107 cm³/mol. The number of hydrogen-bond donors (Lipinski definition) is 1. The summed E-state index contributed by atoms with van der Waals surface area (Å²) in [6, 6.07) is 18.5. The van der Waals surface area contributed by atoms with Gasteiger partial charge in [-0.1, -0.05) is 47.7 Å². The Kier molecular flexibility index (Phi) is 4.52. The van der Waals surface area contributed by atoms with Gasteiger partial charge in [-0.25, -0.2) is 9.67 Å². The maximum absolute atomic E-state index is 12.4. The molecule has 0 atom stereocenters. The molecule has 6 nitrogen and oxygen atoms in total. The molecule has 0 saturated carbocycles. The van der Waals surface area contributed by atoms with E-state index in [2.05, 4.69) is 15.4 Å². The highest BCUT2D eigenvalue weighted by Crippen LogP contribution is 2.25. The van der Waals surface area contributed by atoms with Crippen LogP contribution in [-0.4, -0.2) is 20.7 Å². The molecular weight excluding hydrogens is 360 g/mol. The van der Waals surface area contributed by atoms with E-state index in [1.807, 2.05) is 55.5 Å². The van der Waals surface area contributed by atoms with Crippen LogP contribution in [0, 0.1) is 6.92 Å². The second-order valence-electron chi connectivity index (χ2n) is 6.06. The van der Waals surface area contributed by atoms with E-state index in [1.165, 1.54) is 22.1 Å². The average molecular weight is 376 g/mol. The van der Waals surface area contributed by atoms with Crippen molar-refractivity contribution in [2.75, 3.05) is 5.32 Å². The van der Waals surface area contributed by atoms with Crippen LogP contribution in [0.25, 0.3) is 21.5 Å². The lowest BCUT2D eigenvalue weighted by molar-refractivity contribution is -0.117. The van der Waals surface area contributed by atoms with E-state index in [1.54, 1.807) is 6.07 Å². The first kappa shape index (κ1) is 17.1. The number of anilines is 1. The first-order valence-electron chi connectivity index (χ1n) is 8.40. The van der Waals surface area contributed by atoms with Gasteiger partial charge >= 0.3 is 0 Å². The molecule has 0 radical (unpaired) electrons. The molecule has 0 aliphatic rings. The van der Waals surface area contributed by atoms with Gasteiger partial charge in [-0.15, -0.1) is 0 Å². The summed E-state index contributed by atoms with van der Waals surface area (Å²) in [5.41, 5.74) is 3.13. The summed E-state index contributed by atoms with van der Waals surface area (Å²) < 4.78 is 2.16. The van der Waals surface area contributed by atoms with Crippen LogP contribution < -0.4 is 10.9 Å². The number of carbonyl (C=O) groups excluding carboxylic acids is 1. The molecule has 1 N–H and O–H groups in total. The second kappa shape index (κ2) is 7.13. The molecule has 2 aromatic carbocycles. The number of para-hydroxylation sites is 1. The first-order chi connectivity index (χ1) is 13.1. The van der Waals surface area contributed by atoms with Crippen molar-refractivity contribution in [3.63, 3.8) is 0 Å². The molecule has 1 amide bonds. The van der Waals surface area contributed by atoms with Crippen LogP contribution in [0.4, 0.5) is 5.13 Å². The van der Waals surface area contributed by atoms with Gasteiger partial charge in [-0.2, -0.15) is 5.10 Å². The fourth-order valence-corrected chi connectivity index (χ4v) is 3.67. The molecule has 27 heavy (non-hydrogen) atoms. The van der Waals surface area contributed by atoms with E-state index in [-0.39, 0.29) is 18.0 Å². The van der Waals surface area contributed by atoms with Crippen molar-refractivity contribution in [1.29, 1.82) is 0 Å². The maximum Gasteiger partial charge on any atom is 0.267 e. The third-order valence-electron chi connectivity index (χ3n) is 4.12. The SMILES string of the molecule is Cc1ccccc1-c1ccc(=O)n(CC(=O)Nc2nc3ccccc3s2)n1. The molecule has 4 rings (SSSR count). The lowest BCUT2D eigenvalue weighted by Crippen LogP contribution is -2.29. The minimum absolute atomic E-state index is 0.172. The van der Waals surface area contributed by atoms with Gasteiger partial charge in [-0.3, -0.25) is 9.59 Å². The highest BCUT2D eigenvalue weighted by Gasteiger charge is 2.11. The molecule has 0 saturated heterocycles. The summed E-state index contributed by atoms with van der Waals surface area (Å²) in [6.07, 6.45) is 0. The summed E-state index contributed by atoms with van der Waals surface area (Å²) >= 11 is 1.39. The highest BCUT2D eigenvalue weighted by atomic mass is 32.1. The van der Waals surface area contributed by atoms with Crippen LogP contribution in [-0.2, 0) is 11.3 Å². The van der Waals surface area contributed by atoms with Gasteiger partial charge in [0.1, 0.15) is 6.54 Å². The van der Waals surface area contributed by atoms with E-state index in [4.69, 9.17) is 0 Å². The summed E-state index contributed by atoms with van der Waals surface area (Å²) in [5, 5.41) is 7.60. The Bertz CT molecular complexity index is 1160. The fourth-order valence-electron chi connectivity index (χ4n) is 2.79. The van der Waals surface area contributed by atoms with Crippen molar-refractivity contribution in [2.45, 2.75) is 13.5 Å². The van der Waals surface area contributed by atoms with Crippen molar-refractivity contribution in [3.05, 3.63) is 76.6 Å². The molecule has 2 aromatic heterocycles. The van der Waals surface area contributed by atoms with Crippen LogP contribution in [0.15, 0.2) is 65.5 Å². The number of hydrogen-bond acceptors (Lipinski definition) is 5. The van der Waals surface area contributed by atoms with Gasteiger partial charge in [0, 0.05) is 11.6 Å². The van der Waals surface area contributed by atoms with Crippen LogP contribution in [0.1, 0.15) is 5.56 Å². The summed E-state index contributed by atoms with van der Waals surface area (Å²) in [7, 11) is 0. The third kappa shape index (κ3) is 3.63. The molecule has 7 heteroatoms. The normalized spacial score (nSPS) is 10.9. The monoisotopic (exact) mass is 376 g/mol. The van der Waals surface area contributed by atoms with Gasteiger partial charge in [0.25, 0.3) is 5.56 Å². The minimum Gasteiger partial charge on any atom is -0.300 e. The van der Waals surface area contributed by atoms with Crippen molar-refractivity contribution in [2.24, 2.45) is 0 Å². The number of rotatable bonds is 4. The standard InChI is InChI=1S/C20H16N4O2S/c1-13-6-2-3-7-14(13)15-10-11-19(26)24(23-15)12-18(25)22-20-21-16-8-4-5-9-17(16)27-20/h2-11H,12H2,1H3,(H,21,22,25). The van der Waals surface area contributed by atoms with Crippen LogP contribution in [0.3, 0.4) is 0 Å². The Labute approximate surface area is 159 Å². The second-order valence-corrected chi connectivity index (χ2v) is 7.09. The van der Waals surface area contributed by atoms with Gasteiger partial charge in [0.15, 0.2) is 5.13 Å². The summed E-state index contributed by atoms with van der Waals surface area (Å²) in [4.78, 5) is 28.9. The van der Waals surface area contributed by atoms with Gasteiger partial charge in [0.2, 0.25) is 5.91 Å². The van der Waals surface area contributed by atoms with Crippen molar-refractivity contribution < 1.29 is 4.79 Å². The number of nitrogens with one attached hydrogen (secondary N) is 1. The number of carbonyl (C=O) groups is 1. The molecule has 4 aromatic rings. The number of thiazole rings is 1. The lowest BCUT2D eigenvalue weighted by Gasteiger charge is -2.08. The van der Waals surface area contributed by atoms with Crippen LogP contribution in [0.2, 0.25) is 0 Å². The number of aromatic nitrogens is 3. The number of nitrogens with zero attached hydrogens (tertiary/aromatic N) is 3. The zero-order valence-electron chi connectivity index (χ0n) is 14.5. The molecule has 2 heterocycles. The van der Waals surface area contributed by atoms with Crippen LogP contribution in [0.5, 0.6) is 0 Å². The van der Waals surface area contributed by atoms with Crippen LogP contribution >= 0.6 is 11.3 Å². The molecule has 0 aliphatic carbocycles. The van der Waals surface area contributed by atoms with E-state index in [0.29, 0.717) is 10.8 Å². The average Bonchev–Trinajstić information content (AvgIpc) is 3.06. The number of fused-ring (bicyclic) bond motifs is 1. The van der Waals surface area contributed by atoms with E-state index in [0.717, 1.165) is 21.3 Å². The number of aryl methyl sites for hydroxylation is 1. The van der Waals surface area contributed by atoms with E-state index >= 15 is 0 Å². The predicted octanol–water partition coefficient (Wildman–Crippen LogP) is 3.47. The summed E-state index contributed by atoms with van der Waals surface area (Å²) in [5.74, 6) is -0.342. The lowest BCUT2D eigenvalue weighted by atomic mass is 10.1. The largest absolute Gasteiger partial charge is 0.300 e. The molecule has 134 valence electrons. The Balaban J connectivity index is 1.56. The minimum atomic E-state index is -0.342. The Morgan fingerprint density at radius 1 is 1.07 bits per heavy atom. The molecule has 0 aliphatic heterocycles. The Hall–Kier alpha value is -3.32. The van der Waals surface area contributed by atoms with E-state index in [9.17, 15) is 9.59 Å². The van der Waals surface area contributed by atoms with Crippen molar-refractivity contribution >= 4 is 32.6 Å². The molecule has 0 unspecified atom stereocenters. The first-order valence-corrected chi connectivity index (χ1v) is 9.21. The van der Waals surface area contributed by atoms with Gasteiger partial charge in [0.05, 0.1) is 15.9 Å². The number of benzene rings is 2.